The van der Waals surface area contributed by atoms with E-state index < -0.39 is 51.6 Å². The lowest BCUT2D eigenvalue weighted by molar-refractivity contribution is -0.142. The molecule has 0 spiro atoms. The van der Waals surface area contributed by atoms with Crippen LogP contribution in [0.1, 0.15) is 57.6 Å². The van der Waals surface area contributed by atoms with Gasteiger partial charge in [0.25, 0.3) is 0 Å². The average Bonchev–Trinajstić information content (AvgIpc) is 3.49. The highest BCUT2D eigenvalue weighted by atomic mass is 32.2. The maximum absolute atomic E-state index is 13.4. The van der Waals surface area contributed by atoms with Crippen molar-refractivity contribution in [3.8, 4) is 0 Å². The predicted octanol–water partition coefficient (Wildman–Crippen LogP) is 3.23. The Labute approximate surface area is 264 Å². The number of carbonyl (C=O) groups excluding carboxylic acids is 3. The molecule has 2 aromatic rings. The van der Waals surface area contributed by atoms with Crippen LogP contribution in [0.15, 0.2) is 53.4 Å². The van der Waals surface area contributed by atoms with Crippen LogP contribution in [0.2, 0.25) is 0 Å². The first-order valence-electron chi connectivity index (χ1n) is 15.2. The number of sulfonamides is 1. The summed E-state index contributed by atoms with van der Waals surface area (Å²) in [6.07, 6.45) is 1.26. The smallest absolute Gasteiger partial charge is 0.421 e. The zero-order valence-corrected chi connectivity index (χ0v) is 26.9. The molecule has 0 aromatic heterocycles. The molecule has 2 saturated heterocycles. The number of benzene rings is 2. The second-order valence-corrected chi connectivity index (χ2v) is 14.4. The van der Waals surface area contributed by atoms with Crippen LogP contribution in [0.4, 0.5) is 10.5 Å². The minimum Gasteiger partial charge on any atom is -0.480 e. The van der Waals surface area contributed by atoms with Crippen LogP contribution in [0.3, 0.4) is 0 Å². The van der Waals surface area contributed by atoms with Crippen molar-refractivity contribution in [1.82, 2.24) is 14.9 Å². The Balaban J connectivity index is 1.49. The normalized spacial score (nSPS) is 19.8. The lowest BCUT2D eigenvalue weighted by atomic mass is 9.97. The van der Waals surface area contributed by atoms with E-state index in [4.69, 9.17) is 4.74 Å². The lowest BCUT2D eigenvalue weighted by Gasteiger charge is -2.30. The first-order chi connectivity index (χ1) is 21.2. The Morgan fingerprint density at radius 1 is 1.04 bits per heavy atom. The van der Waals surface area contributed by atoms with E-state index in [1.165, 1.54) is 12.1 Å². The van der Waals surface area contributed by atoms with Gasteiger partial charge in [0, 0.05) is 19.5 Å². The quantitative estimate of drug-likeness (QED) is 0.373. The van der Waals surface area contributed by atoms with Crippen molar-refractivity contribution in [2.45, 2.75) is 82.4 Å². The van der Waals surface area contributed by atoms with Crippen molar-refractivity contribution in [3.63, 3.8) is 0 Å². The molecular weight excluding hydrogens is 600 g/mol. The van der Waals surface area contributed by atoms with Crippen LogP contribution in [-0.2, 0) is 35.6 Å². The zero-order chi connectivity index (χ0) is 32.9. The number of hydrogen-bond acceptors (Lipinski definition) is 8. The van der Waals surface area contributed by atoms with Gasteiger partial charge in [0.1, 0.15) is 17.7 Å². The molecule has 2 aromatic carbocycles. The van der Waals surface area contributed by atoms with E-state index in [-0.39, 0.29) is 35.9 Å². The van der Waals surface area contributed by atoms with E-state index in [2.05, 4.69) is 10.6 Å². The van der Waals surface area contributed by atoms with Gasteiger partial charge in [0.15, 0.2) is 0 Å². The van der Waals surface area contributed by atoms with Crippen molar-refractivity contribution in [1.29, 1.82) is 0 Å². The second kappa shape index (κ2) is 14.1. The molecule has 12 nitrogen and oxygen atoms in total. The minimum atomic E-state index is -3.96. The van der Waals surface area contributed by atoms with Gasteiger partial charge in [-0.15, -0.1) is 0 Å². The lowest BCUT2D eigenvalue weighted by Crippen LogP contribution is -2.51. The maximum Gasteiger partial charge on any atom is 0.421 e. The number of carboxylic acid groups (broad SMARTS) is 1. The van der Waals surface area contributed by atoms with E-state index in [0.29, 0.717) is 24.9 Å². The summed E-state index contributed by atoms with van der Waals surface area (Å²) in [6, 6.07) is 10.2. The molecule has 4 rings (SSSR count). The number of carboxylic acids is 1. The fraction of sp³-hybridized carbons (Fsp3) is 0.500. The van der Waals surface area contributed by atoms with Crippen molar-refractivity contribution < 1.29 is 37.4 Å². The highest BCUT2D eigenvalue weighted by Gasteiger charge is 2.40. The third-order valence-corrected chi connectivity index (χ3v) is 9.75. The summed E-state index contributed by atoms with van der Waals surface area (Å²) in [5.74, 6) is -2.76. The van der Waals surface area contributed by atoms with Crippen LogP contribution in [0.25, 0.3) is 0 Å². The second-order valence-electron chi connectivity index (χ2n) is 12.6. The summed E-state index contributed by atoms with van der Waals surface area (Å²) in [4.78, 5) is 53.1. The summed E-state index contributed by atoms with van der Waals surface area (Å²) in [5.41, 5.74) is 0.870. The fourth-order valence-electron chi connectivity index (χ4n) is 5.50. The monoisotopic (exact) mass is 642 g/mol. The number of imide groups is 1. The van der Waals surface area contributed by atoms with Crippen LogP contribution in [0, 0.1) is 12.8 Å². The highest BCUT2D eigenvalue weighted by Crippen LogP contribution is 2.27. The van der Waals surface area contributed by atoms with E-state index >= 15 is 0 Å². The molecule has 3 atom stereocenters. The topological polar surface area (TPSA) is 162 Å². The molecule has 13 heteroatoms. The molecule has 2 fully saturated rings. The summed E-state index contributed by atoms with van der Waals surface area (Å²) in [5, 5.41) is 15.6. The number of carbonyl (C=O) groups is 4. The number of hydrogen-bond donors (Lipinski definition) is 3. The van der Waals surface area contributed by atoms with E-state index in [9.17, 15) is 32.7 Å². The van der Waals surface area contributed by atoms with Gasteiger partial charge >= 0.3 is 12.1 Å². The molecule has 244 valence electrons. The standard InChI is InChI=1S/C32H42N4O8S/c1-21-9-15-25(16-10-21)45(42,43)35-18-6-8-27(35)28(37)34-26(30(39)40)19-22-11-13-24(14-12-22)36(31(41)44-32(2,3)4)29(38)23-7-5-17-33-20-23/h9-16,23,26-27,33H,5-8,17-20H2,1-4H3,(H,34,37)(H,39,40)/t23?,26-,27-/m0/s1. The van der Waals surface area contributed by atoms with E-state index in [1.807, 2.05) is 6.92 Å². The van der Waals surface area contributed by atoms with Crippen molar-refractivity contribution >= 4 is 39.6 Å². The number of ether oxygens (including phenoxy) is 1. The highest BCUT2D eigenvalue weighted by molar-refractivity contribution is 7.89. The van der Waals surface area contributed by atoms with Crippen LogP contribution in [0.5, 0.6) is 0 Å². The number of rotatable bonds is 9. The Bertz CT molecular complexity index is 1500. The van der Waals surface area contributed by atoms with E-state index in [0.717, 1.165) is 27.7 Å². The van der Waals surface area contributed by atoms with Gasteiger partial charge in [-0.25, -0.2) is 22.9 Å². The van der Waals surface area contributed by atoms with Gasteiger partial charge in [0.05, 0.1) is 16.5 Å². The number of piperidine rings is 1. The molecule has 2 aliphatic rings. The van der Waals surface area contributed by atoms with Crippen LogP contribution >= 0.6 is 0 Å². The molecule has 0 saturated carbocycles. The van der Waals surface area contributed by atoms with E-state index in [1.54, 1.807) is 57.2 Å². The zero-order valence-electron chi connectivity index (χ0n) is 26.1. The summed E-state index contributed by atoms with van der Waals surface area (Å²) < 4.78 is 33.2. The number of aliphatic carboxylic acids is 1. The first-order valence-corrected chi connectivity index (χ1v) is 16.6. The SMILES string of the molecule is Cc1ccc(S(=O)(=O)N2CCC[C@H]2C(=O)N[C@@H](Cc2ccc(N(C(=O)OC(C)(C)C)C(=O)C3CCCNC3)cc2)C(=O)O)cc1. The molecule has 0 radical (unpaired) electrons. The van der Waals surface area contributed by atoms with Gasteiger partial charge < -0.3 is 20.5 Å². The largest absolute Gasteiger partial charge is 0.480 e. The molecule has 0 aliphatic carbocycles. The summed E-state index contributed by atoms with van der Waals surface area (Å²) in [6.45, 7) is 8.37. The number of nitrogens with one attached hydrogen (secondary N) is 2. The Kier molecular flexibility index (Phi) is 10.7. The Morgan fingerprint density at radius 2 is 1.71 bits per heavy atom. The molecular formula is C32H42N4O8S. The number of aryl methyl sites for hydroxylation is 1. The third kappa shape index (κ3) is 8.47. The first kappa shape index (κ1) is 34.1. The van der Waals surface area contributed by atoms with Gasteiger partial charge in [-0.3, -0.25) is 9.59 Å². The van der Waals surface area contributed by atoms with Crippen molar-refractivity contribution in [2.24, 2.45) is 5.92 Å². The molecule has 45 heavy (non-hydrogen) atoms. The third-order valence-electron chi connectivity index (χ3n) is 7.83. The maximum atomic E-state index is 13.4. The molecule has 3 N–H and O–H groups in total. The summed E-state index contributed by atoms with van der Waals surface area (Å²) >= 11 is 0. The van der Waals surface area contributed by atoms with Gasteiger partial charge in [0.2, 0.25) is 21.8 Å². The average molecular weight is 643 g/mol. The Hall–Kier alpha value is -3.81. The number of amides is 3. The predicted molar refractivity (Wildman–Crippen MR) is 167 cm³/mol. The molecule has 2 heterocycles. The summed E-state index contributed by atoms with van der Waals surface area (Å²) in [7, 11) is -3.96. The molecule has 0 bridgehead atoms. The number of anilines is 1. The molecule has 2 aliphatic heterocycles. The molecule has 1 unspecified atom stereocenters. The van der Waals surface area contributed by atoms with Crippen LogP contribution < -0.4 is 15.5 Å². The van der Waals surface area contributed by atoms with Crippen LogP contribution in [-0.4, -0.2) is 79.0 Å². The van der Waals surface area contributed by atoms with Crippen molar-refractivity contribution in [3.05, 3.63) is 59.7 Å². The van der Waals surface area contributed by atoms with Gasteiger partial charge in [-0.2, -0.15) is 4.31 Å². The molecule has 3 amide bonds. The minimum absolute atomic E-state index is 0.0707. The Morgan fingerprint density at radius 3 is 2.29 bits per heavy atom. The van der Waals surface area contributed by atoms with Gasteiger partial charge in [-0.05, 0) is 89.8 Å². The van der Waals surface area contributed by atoms with Crippen molar-refractivity contribution in [2.75, 3.05) is 24.5 Å². The van der Waals surface area contributed by atoms with Gasteiger partial charge in [-0.1, -0.05) is 29.8 Å². The fourth-order valence-corrected chi connectivity index (χ4v) is 7.15. The number of nitrogens with zero attached hydrogens (tertiary/aromatic N) is 2.